The smallest absolute Gasteiger partial charge is 0.307 e. The van der Waals surface area contributed by atoms with Gasteiger partial charge in [-0.05, 0) is 29.3 Å². The van der Waals surface area contributed by atoms with Crippen molar-refractivity contribution in [1.29, 1.82) is 0 Å². The summed E-state index contributed by atoms with van der Waals surface area (Å²) in [6.07, 6.45) is -0.287. The minimum absolute atomic E-state index is 0.245. The van der Waals surface area contributed by atoms with E-state index in [-0.39, 0.29) is 17.0 Å². The van der Waals surface area contributed by atoms with Gasteiger partial charge in [0, 0.05) is 32.1 Å². The molecule has 2 heterocycles. The fraction of sp³-hybridized carbons (Fsp3) is 0.500. The third-order valence-electron chi connectivity index (χ3n) is 7.67. The van der Waals surface area contributed by atoms with Gasteiger partial charge in [-0.2, -0.15) is 0 Å². The highest BCUT2D eigenvalue weighted by atomic mass is 16.5. The molecule has 38 heavy (non-hydrogen) atoms. The number of hydrogen-bond acceptors (Lipinski definition) is 7. The Morgan fingerprint density at radius 3 is 2.18 bits per heavy atom. The summed E-state index contributed by atoms with van der Waals surface area (Å²) in [5.74, 6) is -5.57. The highest BCUT2D eigenvalue weighted by Gasteiger charge is 2.46. The van der Waals surface area contributed by atoms with E-state index in [1.807, 2.05) is 31.2 Å². The van der Waals surface area contributed by atoms with Gasteiger partial charge in [-0.3, -0.25) is 29.0 Å². The maximum atomic E-state index is 13.3. The number of benzene rings is 2. The SMILES string of the molecule is CCC[C@H](C(=O)NCCN1CCOCC1)[C@H](C(=O)O)C(C)C(N)N1C(=O)c2cc3ccccc3cc2C1=O. The van der Waals surface area contributed by atoms with Crippen LogP contribution in [0, 0.1) is 17.8 Å². The van der Waals surface area contributed by atoms with E-state index in [0.29, 0.717) is 39.1 Å². The number of rotatable bonds is 11. The largest absolute Gasteiger partial charge is 0.481 e. The predicted octanol–water partition coefficient (Wildman–Crippen LogP) is 1.92. The summed E-state index contributed by atoms with van der Waals surface area (Å²) in [7, 11) is 0. The van der Waals surface area contributed by atoms with Crippen LogP contribution in [0.15, 0.2) is 36.4 Å². The Labute approximate surface area is 222 Å². The van der Waals surface area contributed by atoms with Crippen LogP contribution in [-0.4, -0.2) is 84.2 Å². The number of ether oxygens (including phenoxy) is 1. The number of hydrogen-bond donors (Lipinski definition) is 3. The summed E-state index contributed by atoms with van der Waals surface area (Å²) in [6.45, 7) is 7.37. The van der Waals surface area contributed by atoms with Crippen molar-refractivity contribution in [1.82, 2.24) is 15.1 Å². The third-order valence-corrected chi connectivity index (χ3v) is 7.67. The molecular formula is C28H36N4O6. The average molecular weight is 525 g/mol. The number of imide groups is 1. The summed E-state index contributed by atoms with van der Waals surface area (Å²) in [5, 5.41) is 14.7. The first-order chi connectivity index (χ1) is 18.2. The lowest BCUT2D eigenvalue weighted by Gasteiger charge is -2.34. The molecule has 2 unspecified atom stereocenters. The molecule has 1 saturated heterocycles. The molecule has 4 rings (SSSR count). The number of amides is 3. The van der Waals surface area contributed by atoms with Gasteiger partial charge in [-0.25, -0.2) is 0 Å². The Morgan fingerprint density at radius 1 is 1.08 bits per heavy atom. The normalized spacial score (nSPS) is 19.2. The van der Waals surface area contributed by atoms with Crippen molar-refractivity contribution in [2.75, 3.05) is 39.4 Å². The monoisotopic (exact) mass is 524 g/mol. The zero-order valence-electron chi connectivity index (χ0n) is 21.9. The minimum Gasteiger partial charge on any atom is -0.481 e. The van der Waals surface area contributed by atoms with E-state index in [1.165, 1.54) is 0 Å². The Hall–Kier alpha value is -3.34. The zero-order chi connectivity index (χ0) is 27.4. The molecule has 3 amide bonds. The molecule has 2 aliphatic rings. The van der Waals surface area contributed by atoms with E-state index < -0.39 is 41.7 Å². The fourth-order valence-electron chi connectivity index (χ4n) is 5.51. The molecule has 2 aromatic carbocycles. The first-order valence-corrected chi connectivity index (χ1v) is 13.2. The first-order valence-electron chi connectivity index (χ1n) is 13.2. The van der Waals surface area contributed by atoms with Crippen LogP contribution in [0.25, 0.3) is 10.8 Å². The molecule has 0 spiro atoms. The van der Waals surface area contributed by atoms with Crippen LogP contribution in [0.4, 0.5) is 0 Å². The first kappa shape index (κ1) is 27.7. The van der Waals surface area contributed by atoms with Gasteiger partial charge in [0.25, 0.3) is 11.8 Å². The molecule has 10 heteroatoms. The van der Waals surface area contributed by atoms with Crippen molar-refractivity contribution in [3.8, 4) is 0 Å². The van der Waals surface area contributed by atoms with Crippen LogP contribution in [0.3, 0.4) is 0 Å². The molecule has 1 fully saturated rings. The van der Waals surface area contributed by atoms with Crippen molar-refractivity contribution >= 4 is 34.5 Å². The van der Waals surface area contributed by atoms with Crippen LogP contribution in [-0.2, 0) is 14.3 Å². The molecule has 0 radical (unpaired) electrons. The van der Waals surface area contributed by atoms with Gasteiger partial charge in [0.15, 0.2) is 0 Å². The summed E-state index contributed by atoms with van der Waals surface area (Å²) in [6, 6.07) is 10.7. The Bertz CT molecular complexity index is 1160. The van der Waals surface area contributed by atoms with E-state index in [4.69, 9.17) is 10.5 Å². The lowest BCUT2D eigenvalue weighted by atomic mass is 9.77. The molecule has 0 bridgehead atoms. The summed E-state index contributed by atoms with van der Waals surface area (Å²) < 4.78 is 5.34. The predicted molar refractivity (Wildman–Crippen MR) is 141 cm³/mol. The molecule has 2 aromatic rings. The molecule has 0 aliphatic carbocycles. The van der Waals surface area contributed by atoms with Crippen molar-refractivity contribution < 1.29 is 29.0 Å². The molecule has 0 aromatic heterocycles. The highest BCUT2D eigenvalue weighted by molar-refractivity contribution is 6.23. The number of nitrogens with two attached hydrogens (primary N) is 1. The second-order valence-corrected chi connectivity index (χ2v) is 10.1. The van der Waals surface area contributed by atoms with Gasteiger partial charge in [-0.1, -0.05) is 44.5 Å². The maximum absolute atomic E-state index is 13.3. The van der Waals surface area contributed by atoms with Gasteiger partial charge in [-0.15, -0.1) is 0 Å². The lowest BCUT2D eigenvalue weighted by molar-refractivity contribution is -0.150. The number of nitrogens with zero attached hydrogens (tertiary/aromatic N) is 2. The van der Waals surface area contributed by atoms with Gasteiger partial charge in [0.2, 0.25) is 5.91 Å². The number of carbonyl (C=O) groups excluding carboxylic acids is 3. The molecule has 4 N–H and O–H groups in total. The van der Waals surface area contributed by atoms with Gasteiger partial charge >= 0.3 is 5.97 Å². The molecular weight excluding hydrogens is 488 g/mol. The van der Waals surface area contributed by atoms with Gasteiger partial charge < -0.3 is 20.9 Å². The topological polar surface area (TPSA) is 142 Å². The van der Waals surface area contributed by atoms with E-state index in [1.54, 1.807) is 19.1 Å². The quantitative estimate of drug-likeness (QED) is 0.379. The fourth-order valence-corrected chi connectivity index (χ4v) is 5.51. The molecule has 10 nitrogen and oxygen atoms in total. The van der Waals surface area contributed by atoms with E-state index in [9.17, 15) is 24.3 Å². The standard InChI is InChI=1S/C28H36N4O6/c1-3-6-20(25(33)30-9-10-31-11-13-38-14-12-31)23(28(36)37)17(2)24(29)32-26(34)21-15-18-7-4-5-8-19(18)16-22(21)27(32)35/h4-5,7-8,15-17,20,23-24H,3,6,9-14,29H2,1-2H3,(H,30,33)(H,36,37)/t17?,20-,23+,24?/m0/s1. The van der Waals surface area contributed by atoms with Crippen LogP contribution < -0.4 is 11.1 Å². The molecule has 2 aliphatic heterocycles. The van der Waals surface area contributed by atoms with Gasteiger partial charge in [0.05, 0.1) is 42.3 Å². The molecule has 204 valence electrons. The summed E-state index contributed by atoms with van der Waals surface area (Å²) in [4.78, 5) is 55.4. The number of carbonyl (C=O) groups is 4. The van der Waals surface area contributed by atoms with Crippen LogP contribution in [0.2, 0.25) is 0 Å². The zero-order valence-corrected chi connectivity index (χ0v) is 21.9. The van der Waals surface area contributed by atoms with E-state index in [0.717, 1.165) is 28.8 Å². The van der Waals surface area contributed by atoms with Crippen molar-refractivity contribution in [2.45, 2.75) is 32.9 Å². The summed E-state index contributed by atoms with van der Waals surface area (Å²) >= 11 is 0. The van der Waals surface area contributed by atoms with Gasteiger partial charge in [0.1, 0.15) is 0 Å². The number of carboxylic acid groups (broad SMARTS) is 1. The number of morpholine rings is 1. The highest BCUT2D eigenvalue weighted by Crippen LogP contribution is 2.34. The van der Waals surface area contributed by atoms with Crippen LogP contribution in [0.5, 0.6) is 0 Å². The van der Waals surface area contributed by atoms with Crippen molar-refractivity contribution in [3.63, 3.8) is 0 Å². The molecule has 4 atom stereocenters. The second-order valence-electron chi connectivity index (χ2n) is 10.1. The second kappa shape index (κ2) is 12.0. The van der Waals surface area contributed by atoms with Crippen molar-refractivity contribution in [2.24, 2.45) is 23.5 Å². The number of aliphatic carboxylic acids is 1. The lowest BCUT2D eigenvalue weighted by Crippen LogP contribution is -2.54. The Morgan fingerprint density at radius 2 is 1.66 bits per heavy atom. The van der Waals surface area contributed by atoms with Crippen molar-refractivity contribution in [3.05, 3.63) is 47.5 Å². The number of nitrogens with one attached hydrogen (secondary N) is 1. The van der Waals surface area contributed by atoms with E-state index in [2.05, 4.69) is 10.2 Å². The summed E-state index contributed by atoms with van der Waals surface area (Å²) in [5.41, 5.74) is 6.94. The third kappa shape index (κ3) is 5.57. The average Bonchev–Trinajstić information content (AvgIpc) is 3.15. The Balaban J connectivity index is 1.51. The van der Waals surface area contributed by atoms with Crippen LogP contribution in [0.1, 0.15) is 47.4 Å². The Kier molecular flexibility index (Phi) is 8.76. The van der Waals surface area contributed by atoms with E-state index >= 15 is 0 Å². The minimum atomic E-state index is -1.22. The number of carboxylic acids is 1. The number of fused-ring (bicyclic) bond motifs is 2. The molecule has 0 saturated carbocycles. The maximum Gasteiger partial charge on any atom is 0.307 e. The van der Waals surface area contributed by atoms with Crippen LogP contribution >= 0.6 is 0 Å².